The summed E-state index contributed by atoms with van der Waals surface area (Å²) in [5.74, 6) is 0.435. The molecule has 0 radical (unpaired) electrons. The van der Waals surface area contributed by atoms with E-state index >= 15 is 0 Å². The van der Waals surface area contributed by atoms with Gasteiger partial charge in [0.1, 0.15) is 17.8 Å². The molecule has 0 bridgehead atoms. The molecule has 0 saturated heterocycles. The minimum atomic E-state index is 0.0966. The van der Waals surface area contributed by atoms with Gasteiger partial charge < -0.3 is 15.0 Å². The minimum Gasteiger partial charge on any atom is -0.508 e. The van der Waals surface area contributed by atoms with Crippen LogP contribution in [0.1, 0.15) is 24.5 Å². The number of phenols is 2. The van der Waals surface area contributed by atoms with Crippen LogP contribution >= 0.6 is 0 Å². The fraction of sp³-hybridized carbons (Fsp3) is 0.417. The van der Waals surface area contributed by atoms with E-state index in [0.29, 0.717) is 18.4 Å². The van der Waals surface area contributed by atoms with Gasteiger partial charge in [-0.3, -0.25) is 0 Å². The Morgan fingerprint density at radius 3 is 2.67 bits per heavy atom. The van der Waals surface area contributed by atoms with Gasteiger partial charge in [-0.05, 0) is 30.9 Å². The van der Waals surface area contributed by atoms with Crippen molar-refractivity contribution in [3.05, 3.63) is 23.3 Å². The summed E-state index contributed by atoms with van der Waals surface area (Å²) in [4.78, 5) is 10.3. The average Bonchev–Trinajstić information content (AvgIpc) is 2.20. The number of phenolic OH excluding ortho intramolecular Hbond substituents is 2. The first-order valence-electron chi connectivity index (χ1n) is 5.00. The maximum Gasteiger partial charge on any atom is 0.125 e. The Hall–Kier alpha value is -1.51. The molecule has 0 aliphatic carbocycles. The molecule has 3 heteroatoms. The van der Waals surface area contributed by atoms with Gasteiger partial charge in [-0.25, -0.2) is 0 Å². The topological polar surface area (TPSA) is 57.5 Å². The van der Waals surface area contributed by atoms with Gasteiger partial charge in [-0.2, -0.15) is 0 Å². The van der Waals surface area contributed by atoms with E-state index in [0.717, 1.165) is 11.8 Å². The Morgan fingerprint density at radius 1 is 1.40 bits per heavy atom. The van der Waals surface area contributed by atoms with Gasteiger partial charge >= 0.3 is 0 Å². The Labute approximate surface area is 89.4 Å². The van der Waals surface area contributed by atoms with E-state index < -0.39 is 0 Å². The third kappa shape index (κ3) is 2.72. The van der Waals surface area contributed by atoms with Crippen molar-refractivity contribution in [1.29, 1.82) is 0 Å². The second kappa shape index (κ2) is 4.82. The Morgan fingerprint density at radius 2 is 2.07 bits per heavy atom. The quantitative estimate of drug-likeness (QED) is 0.745. The highest BCUT2D eigenvalue weighted by atomic mass is 16.3. The maximum atomic E-state index is 10.3. The lowest BCUT2D eigenvalue weighted by Crippen LogP contribution is -2.01. The van der Waals surface area contributed by atoms with Gasteiger partial charge in [0.15, 0.2) is 0 Å². The van der Waals surface area contributed by atoms with E-state index in [4.69, 9.17) is 0 Å². The van der Waals surface area contributed by atoms with E-state index in [1.54, 1.807) is 19.1 Å². The van der Waals surface area contributed by atoms with Crippen LogP contribution in [0, 0.1) is 12.8 Å². The molecule has 15 heavy (non-hydrogen) atoms. The number of carbonyl (C=O) groups excluding carboxylic acids is 1. The summed E-state index contributed by atoms with van der Waals surface area (Å²) in [6, 6.07) is 3.26. The van der Waals surface area contributed by atoms with Crippen molar-refractivity contribution in [1.82, 2.24) is 0 Å². The zero-order chi connectivity index (χ0) is 11.4. The van der Waals surface area contributed by atoms with E-state index in [1.165, 1.54) is 0 Å². The lowest BCUT2D eigenvalue weighted by molar-refractivity contribution is -0.108. The molecule has 82 valence electrons. The molecular weight excluding hydrogens is 192 g/mol. The van der Waals surface area contributed by atoms with Crippen LogP contribution in [0.3, 0.4) is 0 Å². The van der Waals surface area contributed by atoms with Crippen LogP contribution in [0.2, 0.25) is 0 Å². The monoisotopic (exact) mass is 208 g/mol. The van der Waals surface area contributed by atoms with E-state index in [2.05, 4.69) is 0 Å². The number of benzene rings is 1. The molecule has 1 rings (SSSR count). The standard InChI is InChI=1S/C12H16O3/c1-8(5-6-13)7-10-3-4-11(14)9(2)12(10)15/h3-4,6,8,14-15H,5,7H2,1-2H3. The average molecular weight is 208 g/mol. The van der Waals surface area contributed by atoms with Crippen molar-refractivity contribution in [2.45, 2.75) is 26.7 Å². The predicted molar refractivity (Wildman–Crippen MR) is 58.1 cm³/mol. The number of aldehydes is 1. The zero-order valence-corrected chi connectivity index (χ0v) is 9.03. The smallest absolute Gasteiger partial charge is 0.125 e. The molecule has 0 aliphatic rings. The van der Waals surface area contributed by atoms with Crippen LogP contribution in [0.5, 0.6) is 11.5 Å². The summed E-state index contributed by atoms with van der Waals surface area (Å²) in [5.41, 5.74) is 1.27. The number of aromatic hydroxyl groups is 2. The number of carbonyl (C=O) groups is 1. The summed E-state index contributed by atoms with van der Waals surface area (Å²) < 4.78 is 0. The highest BCUT2D eigenvalue weighted by Gasteiger charge is 2.11. The maximum absolute atomic E-state index is 10.3. The van der Waals surface area contributed by atoms with Crippen LogP contribution in [-0.2, 0) is 11.2 Å². The highest BCUT2D eigenvalue weighted by Crippen LogP contribution is 2.31. The van der Waals surface area contributed by atoms with Gasteiger partial charge in [0.05, 0.1) is 0 Å². The normalized spacial score (nSPS) is 12.4. The summed E-state index contributed by atoms with van der Waals surface area (Å²) in [6.07, 6.45) is 2.01. The van der Waals surface area contributed by atoms with E-state index in [9.17, 15) is 15.0 Å². The van der Waals surface area contributed by atoms with E-state index in [-0.39, 0.29) is 17.4 Å². The van der Waals surface area contributed by atoms with Gasteiger partial charge in [-0.15, -0.1) is 0 Å². The van der Waals surface area contributed by atoms with Gasteiger partial charge in [0.2, 0.25) is 0 Å². The van der Waals surface area contributed by atoms with Crippen molar-refractivity contribution < 1.29 is 15.0 Å². The second-order valence-corrected chi connectivity index (χ2v) is 3.93. The summed E-state index contributed by atoms with van der Waals surface area (Å²) in [7, 11) is 0. The van der Waals surface area contributed by atoms with Crippen LogP contribution in [0.25, 0.3) is 0 Å². The molecule has 3 nitrogen and oxygen atoms in total. The van der Waals surface area contributed by atoms with Gasteiger partial charge in [0, 0.05) is 12.0 Å². The lowest BCUT2D eigenvalue weighted by atomic mass is 9.96. The minimum absolute atomic E-state index is 0.0966. The molecule has 0 aliphatic heterocycles. The van der Waals surface area contributed by atoms with Crippen molar-refractivity contribution in [3.63, 3.8) is 0 Å². The lowest BCUT2D eigenvalue weighted by Gasteiger charge is -2.11. The Balaban J connectivity index is 2.86. The molecule has 2 N–H and O–H groups in total. The van der Waals surface area contributed by atoms with Gasteiger partial charge in [0.25, 0.3) is 0 Å². The van der Waals surface area contributed by atoms with E-state index in [1.807, 2.05) is 6.92 Å². The molecule has 0 spiro atoms. The molecule has 0 saturated carbocycles. The van der Waals surface area contributed by atoms with Gasteiger partial charge in [-0.1, -0.05) is 13.0 Å². The molecule has 1 aromatic rings. The second-order valence-electron chi connectivity index (χ2n) is 3.93. The fourth-order valence-corrected chi connectivity index (χ4v) is 1.53. The molecule has 1 unspecified atom stereocenters. The van der Waals surface area contributed by atoms with Crippen molar-refractivity contribution >= 4 is 6.29 Å². The zero-order valence-electron chi connectivity index (χ0n) is 9.03. The summed E-state index contributed by atoms with van der Waals surface area (Å²) in [6.45, 7) is 3.62. The first-order chi connectivity index (χ1) is 7.06. The van der Waals surface area contributed by atoms with Crippen molar-refractivity contribution in [3.8, 4) is 11.5 Å². The highest BCUT2D eigenvalue weighted by molar-refractivity contribution is 5.51. The molecule has 0 heterocycles. The first-order valence-corrected chi connectivity index (χ1v) is 5.00. The molecule has 0 amide bonds. The molecule has 1 aromatic carbocycles. The van der Waals surface area contributed by atoms with Crippen LogP contribution in [0.4, 0.5) is 0 Å². The number of hydrogen-bond acceptors (Lipinski definition) is 3. The van der Waals surface area contributed by atoms with Crippen LogP contribution < -0.4 is 0 Å². The SMILES string of the molecule is Cc1c(O)ccc(CC(C)CC=O)c1O. The van der Waals surface area contributed by atoms with Crippen molar-refractivity contribution in [2.75, 3.05) is 0 Å². The predicted octanol–water partition coefficient (Wildman–Crippen LogP) is 2.17. The molecule has 0 aromatic heterocycles. The van der Waals surface area contributed by atoms with Crippen LogP contribution in [0.15, 0.2) is 12.1 Å². The number of rotatable bonds is 4. The third-order valence-corrected chi connectivity index (χ3v) is 2.55. The molecule has 1 atom stereocenters. The van der Waals surface area contributed by atoms with Crippen LogP contribution in [-0.4, -0.2) is 16.5 Å². The third-order valence-electron chi connectivity index (χ3n) is 2.55. The van der Waals surface area contributed by atoms with Crippen molar-refractivity contribution in [2.24, 2.45) is 5.92 Å². The Bertz CT molecular complexity index is 358. The molecular formula is C12H16O3. The summed E-state index contributed by atoms with van der Waals surface area (Å²) in [5, 5.41) is 19.1. The molecule has 0 fully saturated rings. The fourth-order valence-electron chi connectivity index (χ4n) is 1.53. The summed E-state index contributed by atoms with van der Waals surface area (Å²) >= 11 is 0. The Kier molecular flexibility index (Phi) is 3.72. The number of hydrogen-bond donors (Lipinski definition) is 2. The first kappa shape index (κ1) is 11.6. The largest absolute Gasteiger partial charge is 0.508 e.